The first-order valence-electron chi connectivity index (χ1n) is 5.70. The Morgan fingerprint density at radius 1 is 1.22 bits per heavy atom. The van der Waals surface area contributed by atoms with Crippen LogP contribution in [0.15, 0.2) is 36.7 Å². The third-order valence-corrected chi connectivity index (χ3v) is 3.02. The van der Waals surface area contributed by atoms with Crippen molar-refractivity contribution in [2.75, 3.05) is 0 Å². The first-order valence-corrected chi connectivity index (χ1v) is 5.70. The lowest BCUT2D eigenvalue weighted by molar-refractivity contribution is 0.619. The molecule has 0 aliphatic rings. The van der Waals surface area contributed by atoms with Crippen LogP contribution in [-0.2, 0) is 7.05 Å². The van der Waals surface area contributed by atoms with Gasteiger partial charge < -0.3 is 0 Å². The van der Waals surface area contributed by atoms with E-state index in [2.05, 4.69) is 10.1 Å². The van der Waals surface area contributed by atoms with Crippen LogP contribution in [0.2, 0.25) is 0 Å². The van der Waals surface area contributed by atoms with E-state index < -0.39 is 0 Å². The minimum Gasteiger partial charge on any atom is -0.273 e. The average Bonchev–Trinajstić information content (AvgIpc) is 2.72. The fourth-order valence-electron chi connectivity index (χ4n) is 2.05. The largest absolute Gasteiger partial charge is 0.273 e. The summed E-state index contributed by atoms with van der Waals surface area (Å²) in [6.07, 6.45) is 3.60. The third-order valence-electron chi connectivity index (χ3n) is 3.02. The molecule has 4 heteroatoms. The van der Waals surface area contributed by atoms with Gasteiger partial charge in [-0.2, -0.15) is 5.10 Å². The molecule has 0 bridgehead atoms. The number of aromatic nitrogens is 3. The monoisotopic (exact) mass is 241 g/mol. The van der Waals surface area contributed by atoms with Crippen molar-refractivity contribution in [2.24, 2.45) is 7.05 Å². The normalized spacial score (nSPS) is 11.1. The smallest absolute Gasteiger partial charge is 0.181 e. The molecular weight excluding hydrogens is 229 g/mol. The lowest BCUT2D eigenvalue weighted by atomic mass is 10.0. The van der Waals surface area contributed by atoms with Crippen LogP contribution in [0.4, 0.5) is 4.39 Å². The van der Waals surface area contributed by atoms with Crippen molar-refractivity contribution >= 4 is 11.0 Å². The van der Waals surface area contributed by atoms with Gasteiger partial charge in [-0.15, -0.1) is 0 Å². The zero-order chi connectivity index (χ0) is 12.7. The summed E-state index contributed by atoms with van der Waals surface area (Å²) >= 11 is 0. The van der Waals surface area contributed by atoms with Gasteiger partial charge >= 0.3 is 0 Å². The van der Waals surface area contributed by atoms with Crippen molar-refractivity contribution in [1.82, 2.24) is 14.8 Å². The van der Waals surface area contributed by atoms with E-state index in [-0.39, 0.29) is 5.82 Å². The van der Waals surface area contributed by atoms with E-state index in [0.717, 1.165) is 16.5 Å². The van der Waals surface area contributed by atoms with Crippen LogP contribution in [0.1, 0.15) is 5.56 Å². The van der Waals surface area contributed by atoms with E-state index in [1.807, 2.05) is 25.4 Å². The summed E-state index contributed by atoms with van der Waals surface area (Å²) in [5.74, 6) is -0.193. The standard InChI is InChI=1S/C14H12FN3/c1-9-3-4-10(7-13(9)15)11-5-6-16-14-12(11)8-18(2)17-14/h3-8H,1-2H3. The summed E-state index contributed by atoms with van der Waals surface area (Å²) < 4.78 is 15.3. The summed E-state index contributed by atoms with van der Waals surface area (Å²) in [6.45, 7) is 1.76. The molecule has 3 nitrogen and oxygen atoms in total. The van der Waals surface area contributed by atoms with Crippen molar-refractivity contribution in [3.63, 3.8) is 0 Å². The van der Waals surface area contributed by atoms with Crippen molar-refractivity contribution in [3.05, 3.63) is 48.0 Å². The van der Waals surface area contributed by atoms with Crippen molar-refractivity contribution in [3.8, 4) is 11.1 Å². The molecule has 0 fully saturated rings. The average molecular weight is 241 g/mol. The SMILES string of the molecule is Cc1ccc(-c2ccnc3nn(C)cc23)cc1F. The number of benzene rings is 1. The molecule has 90 valence electrons. The Labute approximate surface area is 104 Å². The second-order valence-corrected chi connectivity index (χ2v) is 4.36. The van der Waals surface area contributed by atoms with E-state index >= 15 is 0 Å². The van der Waals surface area contributed by atoms with Crippen LogP contribution in [0.25, 0.3) is 22.2 Å². The molecule has 0 spiro atoms. The molecule has 0 aliphatic heterocycles. The number of pyridine rings is 1. The number of aryl methyl sites for hydroxylation is 2. The molecule has 0 unspecified atom stereocenters. The van der Waals surface area contributed by atoms with Gasteiger partial charge in [-0.3, -0.25) is 4.68 Å². The van der Waals surface area contributed by atoms with E-state index in [9.17, 15) is 4.39 Å². The quantitative estimate of drug-likeness (QED) is 0.655. The molecule has 3 rings (SSSR count). The molecular formula is C14H12FN3. The Morgan fingerprint density at radius 3 is 2.83 bits per heavy atom. The number of nitrogens with zero attached hydrogens (tertiary/aromatic N) is 3. The van der Waals surface area contributed by atoms with Gasteiger partial charge in [0, 0.05) is 24.8 Å². The van der Waals surface area contributed by atoms with Crippen LogP contribution in [0.5, 0.6) is 0 Å². The molecule has 0 saturated heterocycles. The minimum atomic E-state index is -0.193. The summed E-state index contributed by atoms with van der Waals surface area (Å²) in [6, 6.07) is 7.14. The highest BCUT2D eigenvalue weighted by Gasteiger charge is 2.09. The summed E-state index contributed by atoms with van der Waals surface area (Å²) in [5, 5.41) is 5.18. The molecule has 0 aliphatic carbocycles. The van der Waals surface area contributed by atoms with Crippen molar-refractivity contribution in [2.45, 2.75) is 6.92 Å². The van der Waals surface area contributed by atoms with E-state index in [4.69, 9.17) is 0 Å². The molecule has 0 radical (unpaired) electrons. The highest BCUT2D eigenvalue weighted by atomic mass is 19.1. The highest BCUT2D eigenvalue weighted by molar-refractivity contribution is 5.92. The van der Waals surface area contributed by atoms with Crippen LogP contribution >= 0.6 is 0 Å². The summed E-state index contributed by atoms with van der Waals surface area (Å²) in [7, 11) is 1.85. The maximum Gasteiger partial charge on any atom is 0.181 e. The fraction of sp³-hybridized carbons (Fsp3) is 0.143. The number of fused-ring (bicyclic) bond motifs is 1. The second-order valence-electron chi connectivity index (χ2n) is 4.36. The minimum absolute atomic E-state index is 0.193. The molecule has 0 amide bonds. The Hall–Kier alpha value is -2.23. The maximum absolute atomic E-state index is 13.6. The fourth-order valence-corrected chi connectivity index (χ4v) is 2.05. The first-order chi connectivity index (χ1) is 8.65. The van der Waals surface area contributed by atoms with E-state index in [0.29, 0.717) is 11.2 Å². The maximum atomic E-state index is 13.6. The molecule has 0 saturated carbocycles. The number of hydrogen-bond donors (Lipinski definition) is 0. The van der Waals surface area contributed by atoms with Crippen molar-refractivity contribution in [1.29, 1.82) is 0 Å². The summed E-state index contributed by atoms with van der Waals surface area (Å²) in [4.78, 5) is 4.20. The van der Waals surface area contributed by atoms with E-state index in [1.54, 1.807) is 29.9 Å². The number of hydrogen-bond acceptors (Lipinski definition) is 2. The molecule has 2 aromatic heterocycles. The van der Waals surface area contributed by atoms with Gasteiger partial charge in [0.05, 0.1) is 0 Å². The Morgan fingerprint density at radius 2 is 2.06 bits per heavy atom. The Bertz CT molecular complexity index is 731. The van der Waals surface area contributed by atoms with Gasteiger partial charge in [0.25, 0.3) is 0 Å². The van der Waals surface area contributed by atoms with Gasteiger partial charge in [-0.05, 0) is 35.7 Å². The van der Waals surface area contributed by atoms with Gasteiger partial charge in [-0.1, -0.05) is 12.1 Å². The van der Waals surface area contributed by atoms with Gasteiger partial charge in [0.1, 0.15) is 5.82 Å². The lowest BCUT2D eigenvalue weighted by Gasteiger charge is -2.04. The van der Waals surface area contributed by atoms with Crippen LogP contribution in [-0.4, -0.2) is 14.8 Å². The van der Waals surface area contributed by atoms with E-state index in [1.165, 1.54) is 0 Å². The topological polar surface area (TPSA) is 30.7 Å². The predicted molar refractivity (Wildman–Crippen MR) is 68.6 cm³/mol. The Balaban J connectivity index is 2.27. The van der Waals surface area contributed by atoms with Crippen molar-refractivity contribution < 1.29 is 4.39 Å². The van der Waals surface area contributed by atoms with Gasteiger partial charge in [-0.25, -0.2) is 9.37 Å². The predicted octanol–water partition coefficient (Wildman–Crippen LogP) is 3.08. The third kappa shape index (κ3) is 1.66. The highest BCUT2D eigenvalue weighted by Crippen LogP contribution is 2.27. The second kappa shape index (κ2) is 3.91. The van der Waals surface area contributed by atoms with Crippen LogP contribution in [0.3, 0.4) is 0 Å². The molecule has 0 N–H and O–H groups in total. The molecule has 2 heterocycles. The zero-order valence-electron chi connectivity index (χ0n) is 10.2. The molecule has 0 atom stereocenters. The molecule has 18 heavy (non-hydrogen) atoms. The summed E-state index contributed by atoms with van der Waals surface area (Å²) in [5.41, 5.74) is 3.12. The van der Waals surface area contributed by atoms with Gasteiger partial charge in [0.15, 0.2) is 5.65 Å². The van der Waals surface area contributed by atoms with Crippen LogP contribution in [0, 0.1) is 12.7 Å². The molecule has 1 aromatic carbocycles. The lowest BCUT2D eigenvalue weighted by Crippen LogP contribution is -1.86. The molecule has 3 aromatic rings. The number of rotatable bonds is 1. The van der Waals surface area contributed by atoms with Crippen LogP contribution < -0.4 is 0 Å². The first kappa shape index (κ1) is 10.9. The zero-order valence-corrected chi connectivity index (χ0v) is 10.2. The Kier molecular flexibility index (Phi) is 2.37. The number of halogens is 1. The van der Waals surface area contributed by atoms with Gasteiger partial charge in [0.2, 0.25) is 0 Å².